The Morgan fingerprint density at radius 1 is 1.47 bits per heavy atom. The first-order valence-electron chi connectivity index (χ1n) is 6.59. The molecule has 0 saturated carbocycles. The van der Waals surface area contributed by atoms with Gasteiger partial charge in [-0.3, -0.25) is 0 Å². The van der Waals surface area contributed by atoms with E-state index in [9.17, 15) is 0 Å². The number of methoxy groups -OCH3 is 1. The molecule has 0 fully saturated rings. The van der Waals surface area contributed by atoms with Gasteiger partial charge in [-0.15, -0.1) is 0 Å². The Bertz CT molecular complexity index is 438. The Labute approximate surface area is 115 Å². The van der Waals surface area contributed by atoms with Crippen LogP contribution < -0.4 is 10.6 Å². The molecule has 0 unspecified atom stereocenters. The van der Waals surface area contributed by atoms with Crippen LogP contribution in [0.15, 0.2) is 12.3 Å². The van der Waals surface area contributed by atoms with E-state index in [1.807, 2.05) is 0 Å². The van der Waals surface area contributed by atoms with Crippen molar-refractivity contribution in [2.24, 2.45) is 0 Å². The molecule has 5 heteroatoms. The number of pyridine rings is 1. The number of nitrogens with two attached hydrogens (primary N) is 1. The average Bonchev–Trinajstić information content (AvgIpc) is 2.44. The molecule has 2 N–H and O–H groups in total. The van der Waals surface area contributed by atoms with Crippen molar-refractivity contribution in [3.05, 3.63) is 17.8 Å². The maximum absolute atomic E-state index is 9.05. The van der Waals surface area contributed by atoms with Gasteiger partial charge in [0.15, 0.2) is 5.82 Å². The van der Waals surface area contributed by atoms with E-state index in [2.05, 4.69) is 29.8 Å². The number of anilines is 2. The van der Waals surface area contributed by atoms with Gasteiger partial charge in [-0.2, -0.15) is 5.26 Å². The summed E-state index contributed by atoms with van der Waals surface area (Å²) in [5.74, 6) is 0.685. The van der Waals surface area contributed by atoms with E-state index in [0.29, 0.717) is 29.7 Å². The highest BCUT2D eigenvalue weighted by Gasteiger charge is 2.20. The molecule has 5 nitrogen and oxygen atoms in total. The van der Waals surface area contributed by atoms with Gasteiger partial charge in [0.1, 0.15) is 6.07 Å². The van der Waals surface area contributed by atoms with Crippen molar-refractivity contribution >= 4 is 11.5 Å². The molecular formula is C14H22N4O. The highest BCUT2D eigenvalue weighted by molar-refractivity contribution is 5.70. The predicted octanol–water partition coefficient (Wildman–Crippen LogP) is 2.18. The molecule has 0 aliphatic heterocycles. The van der Waals surface area contributed by atoms with Crippen LogP contribution in [0.3, 0.4) is 0 Å². The molecule has 1 aromatic heterocycles. The zero-order valence-corrected chi connectivity index (χ0v) is 11.9. The number of aromatic nitrogens is 1. The molecular weight excluding hydrogens is 240 g/mol. The smallest absolute Gasteiger partial charge is 0.153 e. The predicted molar refractivity (Wildman–Crippen MR) is 77.0 cm³/mol. The Balaban J connectivity index is 3.13. The average molecular weight is 262 g/mol. The molecule has 0 aromatic carbocycles. The van der Waals surface area contributed by atoms with Crippen LogP contribution in [0, 0.1) is 11.3 Å². The SMILES string of the molecule is CCC(CC)N(CCOC)c1nccc(C#N)c1N. The van der Waals surface area contributed by atoms with Crippen LogP contribution in [-0.2, 0) is 4.74 Å². The Morgan fingerprint density at radius 2 is 2.16 bits per heavy atom. The number of rotatable bonds is 7. The van der Waals surface area contributed by atoms with Gasteiger partial charge in [0.2, 0.25) is 0 Å². The van der Waals surface area contributed by atoms with E-state index >= 15 is 0 Å². The van der Waals surface area contributed by atoms with Crippen LogP contribution >= 0.6 is 0 Å². The van der Waals surface area contributed by atoms with Crippen molar-refractivity contribution in [2.75, 3.05) is 30.9 Å². The summed E-state index contributed by atoms with van der Waals surface area (Å²) in [5, 5.41) is 9.05. The summed E-state index contributed by atoms with van der Waals surface area (Å²) >= 11 is 0. The third kappa shape index (κ3) is 3.58. The van der Waals surface area contributed by atoms with E-state index in [0.717, 1.165) is 19.4 Å². The van der Waals surface area contributed by atoms with Gasteiger partial charge in [0.05, 0.1) is 17.9 Å². The van der Waals surface area contributed by atoms with Gasteiger partial charge >= 0.3 is 0 Å². The van der Waals surface area contributed by atoms with Crippen molar-refractivity contribution < 1.29 is 4.74 Å². The molecule has 0 saturated heterocycles. The summed E-state index contributed by atoms with van der Waals surface area (Å²) in [4.78, 5) is 6.49. The van der Waals surface area contributed by atoms with E-state index in [1.165, 1.54) is 0 Å². The minimum absolute atomic E-state index is 0.346. The van der Waals surface area contributed by atoms with Crippen LogP contribution in [-0.4, -0.2) is 31.3 Å². The molecule has 1 aromatic rings. The standard InChI is InChI=1S/C14H22N4O/c1-4-12(5-2)18(8-9-19-3)14-13(16)11(10-15)6-7-17-14/h6-7,12H,4-5,8-9,16H2,1-3H3. The molecule has 0 radical (unpaired) electrons. The summed E-state index contributed by atoms with van der Waals surface area (Å²) in [6, 6.07) is 4.08. The number of nitrogen functional groups attached to an aromatic ring is 1. The Morgan fingerprint density at radius 3 is 2.68 bits per heavy atom. The van der Waals surface area contributed by atoms with Crippen LogP contribution in [0.2, 0.25) is 0 Å². The quantitative estimate of drug-likeness (QED) is 0.815. The molecule has 1 heterocycles. The second-order valence-electron chi connectivity index (χ2n) is 4.36. The Hall–Kier alpha value is -1.80. The lowest BCUT2D eigenvalue weighted by Gasteiger charge is -2.32. The van der Waals surface area contributed by atoms with Crippen molar-refractivity contribution in [3.63, 3.8) is 0 Å². The molecule has 0 spiro atoms. The third-order valence-electron chi connectivity index (χ3n) is 3.28. The van der Waals surface area contributed by atoms with Crippen LogP contribution in [0.4, 0.5) is 11.5 Å². The highest BCUT2D eigenvalue weighted by Crippen LogP contribution is 2.26. The first kappa shape index (κ1) is 15.3. The molecule has 0 aliphatic carbocycles. The van der Waals surface area contributed by atoms with Crippen molar-refractivity contribution in [3.8, 4) is 6.07 Å². The lowest BCUT2D eigenvalue weighted by molar-refractivity contribution is 0.202. The lowest BCUT2D eigenvalue weighted by atomic mass is 10.1. The van der Waals surface area contributed by atoms with E-state index in [-0.39, 0.29) is 0 Å². The Kier molecular flexibility index (Phi) is 6.10. The van der Waals surface area contributed by atoms with Crippen molar-refractivity contribution in [1.82, 2.24) is 4.98 Å². The van der Waals surface area contributed by atoms with Gasteiger partial charge < -0.3 is 15.4 Å². The fourth-order valence-electron chi connectivity index (χ4n) is 2.17. The minimum Gasteiger partial charge on any atom is -0.395 e. The second kappa shape index (κ2) is 7.59. The maximum Gasteiger partial charge on any atom is 0.153 e. The largest absolute Gasteiger partial charge is 0.395 e. The van der Waals surface area contributed by atoms with E-state index in [1.54, 1.807) is 19.4 Å². The summed E-state index contributed by atoms with van der Waals surface area (Å²) < 4.78 is 5.15. The van der Waals surface area contributed by atoms with Crippen molar-refractivity contribution in [2.45, 2.75) is 32.7 Å². The van der Waals surface area contributed by atoms with E-state index in [4.69, 9.17) is 15.7 Å². The summed E-state index contributed by atoms with van der Waals surface area (Å²) in [6.07, 6.45) is 3.63. The summed E-state index contributed by atoms with van der Waals surface area (Å²) in [7, 11) is 1.67. The van der Waals surface area contributed by atoms with E-state index < -0.39 is 0 Å². The third-order valence-corrected chi connectivity index (χ3v) is 3.28. The lowest BCUT2D eigenvalue weighted by Crippen LogP contribution is -2.38. The molecule has 104 valence electrons. The number of hydrogen-bond acceptors (Lipinski definition) is 5. The normalized spacial score (nSPS) is 10.5. The van der Waals surface area contributed by atoms with Crippen LogP contribution in [0.5, 0.6) is 0 Å². The first-order valence-corrected chi connectivity index (χ1v) is 6.59. The minimum atomic E-state index is 0.346. The van der Waals surface area contributed by atoms with Crippen molar-refractivity contribution in [1.29, 1.82) is 5.26 Å². The number of hydrogen-bond donors (Lipinski definition) is 1. The van der Waals surface area contributed by atoms with Gasteiger partial charge in [-0.1, -0.05) is 13.8 Å². The highest BCUT2D eigenvalue weighted by atomic mass is 16.5. The van der Waals surface area contributed by atoms with Gasteiger partial charge in [-0.05, 0) is 18.9 Å². The monoisotopic (exact) mass is 262 g/mol. The van der Waals surface area contributed by atoms with Gasteiger partial charge in [0.25, 0.3) is 0 Å². The zero-order valence-electron chi connectivity index (χ0n) is 11.9. The van der Waals surface area contributed by atoms with Gasteiger partial charge in [0, 0.05) is 25.9 Å². The fraction of sp³-hybridized carbons (Fsp3) is 0.571. The van der Waals surface area contributed by atoms with Crippen LogP contribution in [0.25, 0.3) is 0 Å². The molecule has 1 rings (SSSR count). The maximum atomic E-state index is 9.05. The number of nitrogens with zero attached hydrogens (tertiary/aromatic N) is 3. The summed E-state index contributed by atoms with van der Waals surface area (Å²) in [5.41, 5.74) is 6.97. The second-order valence-corrected chi connectivity index (χ2v) is 4.36. The topological polar surface area (TPSA) is 75.2 Å². The number of ether oxygens (including phenoxy) is 1. The van der Waals surface area contributed by atoms with Gasteiger partial charge in [-0.25, -0.2) is 4.98 Å². The molecule has 0 bridgehead atoms. The molecule has 19 heavy (non-hydrogen) atoms. The molecule has 0 aliphatic rings. The molecule has 0 amide bonds. The number of nitriles is 1. The zero-order chi connectivity index (χ0) is 14.3. The fourth-order valence-corrected chi connectivity index (χ4v) is 2.17. The summed E-state index contributed by atoms with van der Waals surface area (Å²) in [6.45, 7) is 5.60. The first-order chi connectivity index (χ1) is 9.19. The molecule has 0 atom stereocenters. The van der Waals surface area contributed by atoms with Crippen LogP contribution in [0.1, 0.15) is 32.3 Å².